The molecule has 21 heavy (non-hydrogen) atoms. The van der Waals surface area contributed by atoms with E-state index in [4.69, 9.17) is 9.47 Å². The van der Waals surface area contributed by atoms with Crippen LogP contribution in [0.3, 0.4) is 0 Å². The highest BCUT2D eigenvalue weighted by Crippen LogP contribution is 2.30. The zero-order chi connectivity index (χ0) is 14.7. The van der Waals surface area contributed by atoms with Gasteiger partial charge in [0.25, 0.3) is 10.2 Å². The molecule has 0 spiro atoms. The van der Waals surface area contributed by atoms with Crippen molar-refractivity contribution in [1.82, 2.24) is 9.03 Å². The topological polar surface area (TPSA) is 67.9 Å². The smallest absolute Gasteiger partial charge is 0.279 e. The molecule has 6 nitrogen and oxygen atoms in total. The lowest BCUT2D eigenvalue weighted by Gasteiger charge is -2.29. The van der Waals surface area contributed by atoms with Gasteiger partial charge in [0.15, 0.2) is 11.5 Å². The van der Waals surface area contributed by atoms with Crippen molar-refractivity contribution >= 4 is 10.2 Å². The van der Waals surface area contributed by atoms with E-state index >= 15 is 0 Å². The van der Waals surface area contributed by atoms with Crippen LogP contribution in [0.2, 0.25) is 0 Å². The number of hydrogen-bond acceptors (Lipinski definition) is 4. The van der Waals surface area contributed by atoms with E-state index in [1.54, 1.807) is 0 Å². The molecule has 0 amide bonds. The molecular formula is C14H20N2O4S. The Hall–Kier alpha value is -1.31. The second-order valence-electron chi connectivity index (χ2n) is 5.31. The van der Waals surface area contributed by atoms with Gasteiger partial charge in [-0.1, -0.05) is 18.6 Å². The van der Waals surface area contributed by atoms with Gasteiger partial charge < -0.3 is 9.47 Å². The molecule has 116 valence electrons. The minimum Gasteiger partial charge on any atom is -0.486 e. The molecule has 1 fully saturated rings. The Balaban J connectivity index is 1.56. The Labute approximate surface area is 125 Å². The molecule has 1 aromatic rings. The summed E-state index contributed by atoms with van der Waals surface area (Å²) in [6.07, 6.45) is 2.65. The Morgan fingerprint density at radius 3 is 2.62 bits per heavy atom. The lowest BCUT2D eigenvalue weighted by atomic mass is 10.2. The monoisotopic (exact) mass is 312 g/mol. The van der Waals surface area contributed by atoms with Crippen molar-refractivity contribution in [2.45, 2.75) is 25.4 Å². The van der Waals surface area contributed by atoms with Gasteiger partial charge >= 0.3 is 0 Å². The van der Waals surface area contributed by atoms with E-state index in [2.05, 4.69) is 4.72 Å². The summed E-state index contributed by atoms with van der Waals surface area (Å²) in [5.74, 6) is 1.36. The van der Waals surface area contributed by atoms with Crippen LogP contribution in [-0.2, 0) is 10.2 Å². The largest absolute Gasteiger partial charge is 0.486 e. The number of rotatable bonds is 4. The molecule has 0 bridgehead atoms. The van der Waals surface area contributed by atoms with E-state index in [0.717, 1.165) is 19.3 Å². The molecule has 0 radical (unpaired) electrons. The Bertz CT molecular complexity index is 584. The van der Waals surface area contributed by atoms with Crippen LogP contribution in [0, 0.1) is 0 Å². The molecule has 2 heterocycles. The van der Waals surface area contributed by atoms with E-state index in [9.17, 15) is 8.42 Å². The molecule has 7 heteroatoms. The van der Waals surface area contributed by atoms with Gasteiger partial charge in [0.1, 0.15) is 12.7 Å². The van der Waals surface area contributed by atoms with Gasteiger partial charge in [-0.2, -0.15) is 17.4 Å². The van der Waals surface area contributed by atoms with Crippen LogP contribution < -0.4 is 14.2 Å². The van der Waals surface area contributed by atoms with E-state index in [-0.39, 0.29) is 12.6 Å². The zero-order valence-corrected chi connectivity index (χ0v) is 12.6. The van der Waals surface area contributed by atoms with E-state index in [0.29, 0.717) is 31.2 Å². The summed E-state index contributed by atoms with van der Waals surface area (Å²) >= 11 is 0. The fraction of sp³-hybridized carbons (Fsp3) is 0.571. The molecule has 2 aliphatic heterocycles. The minimum absolute atomic E-state index is 0.215. The first-order valence-corrected chi connectivity index (χ1v) is 8.72. The maximum absolute atomic E-state index is 12.2. The van der Waals surface area contributed by atoms with Crippen molar-refractivity contribution in [1.29, 1.82) is 0 Å². The van der Waals surface area contributed by atoms with E-state index < -0.39 is 10.2 Å². The van der Waals surface area contributed by atoms with Crippen molar-refractivity contribution < 1.29 is 17.9 Å². The molecule has 3 rings (SSSR count). The highest BCUT2D eigenvalue weighted by atomic mass is 32.2. The van der Waals surface area contributed by atoms with Gasteiger partial charge in [-0.3, -0.25) is 0 Å². The van der Waals surface area contributed by atoms with Gasteiger partial charge in [0.2, 0.25) is 0 Å². The van der Waals surface area contributed by atoms with Gasteiger partial charge in [0, 0.05) is 13.1 Å². The van der Waals surface area contributed by atoms with Crippen molar-refractivity contribution in [3.63, 3.8) is 0 Å². The van der Waals surface area contributed by atoms with Crippen molar-refractivity contribution in [3.8, 4) is 11.5 Å². The molecule has 1 aromatic carbocycles. The predicted molar refractivity (Wildman–Crippen MR) is 78.7 cm³/mol. The number of fused-ring (bicyclic) bond motifs is 1. The molecule has 1 unspecified atom stereocenters. The number of piperidine rings is 1. The van der Waals surface area contributed by atoms with Gasteiger partial charge in [-0.15, -0.1) is 0 Å². The molecule has 2 aliphatic rings. The number of para-hydroxylation sites is 2. The zero-order valence-electron chi connectivity index (χ0n) is 11.8. The second-order valence-corrected chi connectivity index (χ2v) is 7.07. The summed E-state index contributed by atoms with van der Waals surface area (Å²) in [4.78, 5) is 0. The SMILES string of the molecule is O=S(=O)(NCC1COc2ccccc2O1)N1CCCCC1. The number of nitrogens with one attached hydrogen (secondary N) is 1. The Morgan fingerprint density at radius 2 is 1.86 bits per heavy atom. The second kappa shape index (κ2) is 6.21. The summed E-state index contributed by atoms with van der Waals surface area (Å²) < 4.78 is 39.8. The molecule has 1 atom stereocenters. The average Bonchev–Trinajstić information content (AvgIpc) is 2.54. The highest BCUT2D eigenvalue weighted by molar-refractivity contribution is 7.87. The fourth-order valence-corrected chi connectivity index (χ4v) is 3.88. The molecule has 0 saturated carbocycles. The summed E-state index contributed by atoms with van der Waals surface area (Å²) in [5.41, 5.74) is 0. The first-order chi connectivity index (χ1) is 10.1. The quantitative estimate of drug-likeness (QED) is 0.905. The van der Waals surface area contributed by atoms with Crippen molar-refractivity contribution in [3.05, 3.63) is 24.3 Å². The number of ether oxygens (including phenoxy) is 2. The van der Waals surface area contributed by atoms with Crippen molar-refractivity contribution in [2.75, 3.05) is 26.2 Å². The van der Waals surface area contributed by atoms with E-state index in [1.807, 2.05) is 24.3 Å². The molecular weight excluding hydrogens is 292 g/mol. The first kappa shape index (κ1) is 14.6. The molecule has 1 saturated heterocycles. The summed E-state index contributed by atoms with van der Waals surface area (Å²) in [6.45, 7) is 1.76. The Kier molecular flexibility index (Phi) is 4.32. The summed E-state index contributed by atoms with van der Waals surface area (Å²) in [5, 5.41) is 0. The van der Waals surface area contributed by atoms with E-state index in [1.165, 1.54) is 4.31 Å². The predicted octanol–water partition coefficient (Wildman–Crippen LogP) is 1.15. The van der Waals surface area contributed by atoms with Crippen LogP contribution in [0.1, 0.15) is 19.3 Å². The first-order valence-electron chi connectivity index (χ1n) is 7.28. The third kappa shape index (κ3) is 3.48. The van der Waals surface area contributed by atoms with Crippen molar-refractivity contribution in [2.24, 2.45) is 0 Å². The maximum Gasteiger partial charge on any atom is 0.279 e. The molecule has 0 aliphatic carbocycles. The molecule has 1 N–H and O–H groups in total. The molecule has 0 aromatic heterocycles. The van der Waals surface area contributed by atoms with Crippen LogP contribution in [-0.4, -0.2) is 45.1 Å². The average molecular weight is 312 g/mol. The number of benzene rings is 1. The number of nitrogens with zero attached hydrogens (tertiary/aromatic N) is 1. The fourth-order valence-electron chi connectivity index (χ4n) is 2.56. The third-order valence-corrected chi connectivity index (χ3v) is 5.29. The van der Waals surface area contributed by atoms with Gasteiger partial charge in [0.05, 0.1) is 6.54 Å². The normalized spacial score (nSPS) is 23.0. The van der Waals surface area contributed by atoms with Crippen LogP contribution in [0.25, 0.3) is 0 Å². The maximum atomic E-state index is 12.2. The number of hydrogen-bond donors (Lipinski definition) is 1. The van der Waals surface area contributed by atoms with Gasteiger partial charge in [-0.25, -0.2) is 0 Å². The standard InChI is InChI=1S/C14H20N2O4S/c17-21(18,16-8-4-1-5-9-16)15-10-12-11-19-13-6-2-3-7-14(13)20-12/h2-3,6-7,12,15H,1,4-5,8-11H2. The van der Waals surface area contributed by atoms with Crippen LogP contribution in [0.15, 0.2) is 24.3 Å². The van der Waals surface area contributed by atoms with Crippen LogP contribution in [0.5, 0.6) is 11.5 Å². The van der Waals surface area contributed by atoms with Gasteiger partial charge in [-0.05, 0) is 25.0 Å². The highest BCUT2D eigenvalue weighted by Gasteiger charge is 2.27. The van der Waals surface area contributed by atoms with Crippen LogP contribution in [0.4, 0.5) is 0 Å². The minimum atomic E-state index is -3.41. The lowest BCUT2D eigenvalue weighted by Crippen LogP contribution is -2.48. The summed E-state index contributed by atoms with van der Waals surface area (Å²) in [6, 6.07) is 7.40. The summed E-state index contributed by atoms with van der Waals surface area (Å²) in [7, 11) is -3.41. The van der Waals surface area contributed by atoms with Crippen LogP contribution >= 0.6 is 0 Å². The lowest BCUT2D eigenvalue weighted by molar-refractivity contribution is 0.0939. The third-order valence-electron chi connectivity index (χ3n) is 3.72. The Morgan fingerprint density at radius 1 is 1.14 bits per heavy atom.